The van der Waals surface area contributed by atoms with Gasteiger partial charge in [0.05, 0.1) is 39.9 Å². The molecule has 0 spiro atoms. The van der Waals surface area contributed by atoms with Crippen molar-refractivity contribution in [2.45, 2.75) is 24.9 Å². The standard InChI is InChI=1S/C19H19ClF3N9O/c1-31(25)30-17(24)15-11(19(21,22)23)6-10(7-26-15)28-18(33)29-13-8-27-32-5-4-12(20)16(32)14(13)9-2-3-9/h4-9H,2-3,25H2,1H3,(H2,24,30)(H2,28,29,33). The zero-order valence-corrected chi connectivity index (χ0v) is 17.9. The Labute approximate surface area is 190 Å². The minimum absolute atomic E-state index is 0.194. The zero-order chi connectivity index (χ0) is 23.9. The number of aromatic nitrogens is 3. The van der Waals surface area contributed by atoms with Crippen LogP contribution < -0.4 is 22.2 Å². The third kappa shape index (κ3) is 4.78. The number of hydrazone groups is 1. The second-order valence-electron chi connectivity index (χ2n) is 7.46. The lowest BCUT2D eigenvalue weighted by molar-refractivity contribution is -0.137. The van der Waals surface area contributed by atoms with Gasteiger partial charge in [0.15, 0.2) is 5.84 Å². The van der Waals surface area contributed by atoms with Gasteiger partial charge < -0.3 is 16.4 Å². The van der Waals surface area contributed by atoms with Gasteiger partial charge in [-0.25, -0.2) is 20.3 Å². The molecule has 0 unspecified atom stereocenters. The number of nitrogens with zero attached hydrogens (tertiary/aromatic N) is 5. The fourth-order valence-electron chi connectivity index (χ4n) is 3.40. The van der Waals surface area contributed by atoms with Gasteiger partial charge in [-0.2, -0.15) is 18.3 Å². The van der Waals surface area contributed by atoms with Gasteiger partial charge in [0.2, 0.25) is 0 Å². The molecule has 3 heterocycles. The minimum atomic E-state index is -4.80. The van der Waals surface area contributed by atoms with Crippen molar-refractivity contribution in [3.8, 4) is 0 Å². The summed E-state index contributed by atoms with van der Waals surface area (Å²) in [5.74, 6) is 4.99. The average molecular weight is 482 g/mol. The number of hydrazine groups is 1. The molecule has 1 aliphatic rings. The number of amides is 2. The van der Waals surface area contributed by atoms with Crippen LogP contribution in [0.3, 0.4) is 0 Å². The molecular formula is C19H19ClF3N9O. The highest BCUT2D eigenvalue weighted by Crippen LogP contribution is 2.46. The number of nitrogens with two attached hydrogens (primary N) is 2. The number of amidine groups is 1. The highest BCUT2D eigenvalue weighted by Gasteiger charge is 2.36. The van der Waals surface area contributed by atoms with Gasteiger partial charge in [-0.1, -0.05) is 11.6 Å². The van der Waals surface area contributed by atoms with Crippen molar-refractivity contribution < 1.29 is 18.0 Å². The highest BCUT2D eigenvalue weighted by atomic mass is 35.5. The Morgan fingerprint density at radius 2 is 2.06 bits per heavy atom. The fourth-order valence-corrected chi connectivity index (χ4v) is 3.65. The number of urea groups is 1. The number of anilines is 2. The maximum Gasteiger partial charge on any atom is 0.418 e. The minimum Gasteiger partial charge on any atom is -0.380 e. The van der Waals surface area contributed by atoms with E-state index in [-0.39, 0.29) is 11.6 Å². The monoisotopic (exact) mass is 481 g/mol. The average Bonchev–Trinajstić information content (AvgIpc) is 3.49. The molecule has 10 nitrogen and oxygen atoms in total. The molecule has 1 saturated carbocycles. The smallest absolute Gasteiger partial charge is 0.380 e. The topological polar surface area (TPSA) is 139 Å². The molecule has 14 heteroatoms. The fraction of sp³-hybridized carbons (Fsp3) is 0.263. The molecule has 3 aromatic rings. The number of carbonyl (C=O) groups excluding carboxylic acids is 1. The van der Waals surface area contributed by atoms with Gasteiger partial charge in [0, 0.05) is 18.8 Å². The Bertz CT molecular complexity index is 1250. The predicted molar refractivity (Wildman–Crippen MR) is 117 cm³/mol. The summed E-state index contributed by atoms with van der Waals surface area (Å²) in [6.45, 7) is 0. The summed E-state index contributed by atoms with van der Waals surface area (Å²) in [5.41, 5.74) is 5.54. The zero-order valence-electron chi connectivity index (χ0n) is 17.2. The van der Waals surface area contributed by atoms with E-state index in [1.807, 2.05) is 0 Å². The lowest BCUT2D eigenvalue weighted by Crippen LogP contribution is -2.28. The van der Waals surface area contributed by atoms with Gasteiger partial charge in [0.1, 0.15) is 5.69 Å². The maximum absolute atomic E-state index is 13.6. The van der Waals surface area contributed by atoms with Crippen LogP contribution >= 0.6 is 11.6 Å². The molecule has 2 amide bonds. The molecule has 33 heavy (non-hydrogen) atoms. The van der Waals surface area contributed by atoms with E-state index >= 15 is 0 Å². The quantitative estimate of drug-likeness (QED) is 0.191. The molecule has 0 radical (unpaired) electrons. The normalized spacial score (nSPS) is 14.4. The Balaban J connectivity index is 1.61. The number of fused-ring (bicyclic) bond motifs is 1. The Morgan fingerprint density at radius 3 is 2.70 bits per heavy atom. The third-order valence-electron chi connectivity index (χ3n) is 4.87. The molecule has 4 rings (SSSR count). The number of alkyl halides is 3. The Hall–Kier alpha value is -3.58. The van der Waals surface area contributed by atoms with Gasteiger partial charge in [0.25, 0.3) is 0 Å². The van der Waals surface area contributed by atoms with E-state index in [9.17, 15) is 18.0 Å². The van der Waals surface area contributed by atoms with Crippen molar-refractivity contribution in [3.05, 3.63) is 52.6 Å². The number of halogens is 4. The van der Waals surface area contributed by atoms with Crippen molar-refractivity contribution in [1.82, 2.24) is 19.7 Å². The van der Waals surface area contributed by atoms with Crippen LogP contribution in [0.1, 0.15) is 35.6 Å². The molecule has 174 valence electrons. The first-order chi connectivity index (χ1) is 15.5. The summed E-state index contributed by atoms with van der Waals surface area (Å²) < 4.78 is 42.3. The van der Waals surface area contributed by atoms with Gasteiger partial charge >= 0.3 is 12.2 Å². The van der Waals surface area contributed by atoms with Crippen LogP contribution in [0, 0.1) is 0 Å². The summed E-state index contributed by atoms with van der Waals surface area (Å²) in [6.07, 6.45) is 1.27. The summed E-state index contributed by atoms with van der Waals surface area (Å²) in [6, 6.07) is 1.65. The molecule has 0 saturated heterocycles. The lowest BCUT2D eigenvalue weighted by atomic mass is 10.1. The maximum atomic E-state index is 13.6. The number of hydrogen-bond acceptors (Lipinski definition) is 6. The SMILES string of the molecule is CN(N)/N=C(\N)c1ncc(NC(=O)Nc2cnn3ccc(Cl)c3c2C2CC2)cc1C(F)(F)F. The molecule has 0 aliphatic heterocycles. The van der Waals surface area contributed by atoms with E-state index in [4.69, 9.17) is 23.2 Å². The molecule has 1 aliphatic carbocycles. The van der Waals surface area contributed by atoms with E-state index < -0.39 is 29.3 Å². The summed E-state index contributed by atoms with van der Waals surface area (Å²) in [5, 5.41) is 14.0. The van der Waals surface area contributed by atoms with Crippen molar-refractivity contribution >= 4 is 40.4 Å². The summed E-state index contributed by atoms with van der Waals surface area (Å²) >= 11 is 6.29. The lowest BCUT2D eigenvalue weighted by Gasteiger charge is -2.16. The van der Waals surface area contributed by atoms with Crippen molar-refractivity contribution in [3.63, 3.8) is 0 Å². The van der Waals surface area contributed by atoms with Gasteiger partial charge in [-0.15, -0.1) is 5.10 Å². The molecule has 0 aromatic carbocycles. The largest absolute Gasteiger partial charge is 0.418 e. The van der Waals surface area contributed by atoms with Crippen molar-refractivity contribution in [2.75, 3.05) is 17.7 Å². The van der Waals surface area contributed by atoms with E-state index in [2.05, 4.69) is 25.8 Å². The first kappa shape index (κ1) is 22.6. The Morgan fingerprint density at radius 1 is 1.33 bits per heavy atom. The van der Waals surface area contributed by atoms with Crippen molar-refractivity contribution in [2.24, 2.45) is 16.7 Å². The van der Waals surface area contributed by atoms with Crippen LogP contribution in [0.15, 0.2) is 35.8 Å². The molecule has 1 fully saturated rings. The van der Waals surface area contributed by atoms with Crippen molar-refractivity contribution in [1.29, 1.82) is 0 Å². The number of pyridine rings is 1. The summed E-state index contributed by atoms with van der Waals surface area (Å²) in [4.78, 5) is 16.3. The third-order valence-corrected chi connectivity index (χ3v) is 5.17. The molecule has 0 bridgehead atoms. The second-order valence-corrected chi connectivity index (χ2v) is 7.87. The predicted octanol–water partition coefficient (Wildman–Crippen LogP) is 3.35. The Kier molecular flexibility index (Phi) is 5.76. The molecule has 0 atom stereocenters. The second kappa shape index (κ2) is 8.41. The van der Waals surface area contributed by atoms with E-state index in [0.29, 0.717) is 22.3 Å². The number of carbonyl (C=O) groups is 1. The van der Waals surface area contributed by atoms with Crippen LogP contribution in [0.25, 0.3) is 5.52 Å². The summed E-state index contributed by atoms with van der Waals surface area (Å²) in [7, 11) is 1.30. The molecule has 3 aromatic heterocycles. The van der Waals surface area contributed by atoms with Crippen LogP contribution in [0.4, 0.5) is 29.3 Å². The number of nitrogens with one attached hydrogen (secondary N) is 2. The van der Waals surface area contributed by atoms with E-state index in [1.54, 1.807) is 16.8 Å². The number of hydrogen-bond donors (Lipinski definition) is 4. The van der Waals surface area contributed by atoms with Gasteiger partial charge in [-0.05, 0) is 30.9 Å². The first-order valence-corrected chi connectivity index (χ1v) is 10.1. The molecule has 6 N–H and O–H groups in total. The van der Waals surface area contributed by atoms with Gasteiger partial charge in [-0.3, -0.25) is 4.98 Å². The van der Waals surface area contributed by atoms with Crippen LogP contribution in [0.5, 0.6) is 0 Å². The number of rotatable bonds is 5. The van der Waals surface area contributed by atoms with Crippen LogP contribution in [-0.4, -0.2) is 38.6 Å². The molecular weight excluding hydrogens is 463 g/mol. The highest BCUT2D eigenvalue weighted by molar-refractivity contribution is 6.34. The van der Waals surface area contributed by atoms with E-state index in [0.717, 1.165) is 29.7 Å². The van der Waals surface area contributed by atoms with Crippen LogP contribution in [-0.2, 0) is 6.18 Å². The van der Waals surface area contributed by atoms with Crippen LogP contribution in [0.2, 0.25) is 5.02 Å². The van der Waals surface area contributed by atoms with E-state index in [1.165, 1.54) is 13.2 Å². The first-order valence-electron chi connectivity index (χ1n) is 9.68.